The fourth-order valence-corrected chi connectivity index (χ4v) is 12.6. The minimum absolute atomic E-state index is 0.768. The van der Waals surface area contributed by atoms with Crippen molar-refractivity contribution >= 4 is 17.7 Å². The van der Waals surface area contributed by atoms with E-state index in [2.05, 4.69) is 16.0 Å². The minimum Gasteiger partial charge on any atom is -0.394 e. The first-order valence-corrected chi connectivity index (χ1v) is 31.1. The van der Waals surface area contributed by atoms with Gasteiger partial charge in [0, 0.05) is 20.8 Å². The van der Waals surface area contributed by atoms with E-state index >= 15 is 0 Å². The topological polar surface area (TPSA) is 691 Å². The number of nitrogens with one attached hydrogen (secondary N) is 3. The third-order valence-electron chi connectivity index (χ3n) is 17.8. The normalized spacial score (nSPS) is 49.5. The molecule has 0 radical (unpaired) electrons. The molecule has 8 aliphatic heterocycles. The Morgan fingerprint density at radius 3 is 0.959 bits per heavy atom. The standard InChI is InChI=1S/C54H91N3O41/c1-12(65)55-23-31(73)41(19(8-62)85-47(23)83)93-48-24(56-13(2)66)32(74)43(21(10-64)90-48)95-52-40(82)44(30(72)22(92-52)11-84-53-45(36(78)28(70)17(6-60)88-53)98-51-39(81)35(77)27(69)16(5-59)87-51)96-54-46(37(79)29(71)18(7-61)89-54)97-49-25(57-14(3)67)33(75)42(20(9-63)91-49)94-50-38(80)34(76)26(68)15(4-58)86-50/h15-54,58-64,68-83H,4-11H2,1-3H3,(H,55,65)(H,56,66)(H,57,67)/t15-,16-,17-,18-,19-,20-,21-,22-,23-,24-,25-,26+,27-,28-,29-,30-,31-,32-,33-,34+,35+,36+,37+,38-,39+,40+,41-,42-,43-,44+,45+,46+,47?,48+,49+,50+,51-,52+,53+,54-/m1/s1. The van der Waals surface area contributed by atoms with Crippen LogP contribution in [0.2, 0.25) is 0 Å². The van der Waals surface area contributed by atoms with Crippen LogP contribution in [0.15, 0.2) is 0 Å². The molecule has 0 bridgehead atoms. The summed E-state index contributed by atoms with van der Waals surface area (Å²) in [5.41, 5.74) is 0. The van der Waals surface area contributed by atoms with Gasteiger partial charge in [0.15, 0.2) is 50.3 Å². The van der Waals surface area contributed by atoms with Crippen LogP contribution in [0.25, 0.3) is 0 Å². The number of ether oxygens (including phenoxy) is 15. The van der Waals surface area contributed by atoms with Crippen LogP contribution < -0.4 is 16.0 Å². The van der Waals surface area contributed by atoms with Gasteiger partial charge in [0.2, 0.25) is 17.7 Å². The molecule has 8 rings (SSSR count). The lowest BCUT2D eigenvalue weighted by atomic mass is 9.93. The van der Waals surface area contributed by atoms with Gasteiger partial charge in [-0.2, -0.15) is 0 Å². The van der Waals surface area contributed by atoms with Crippen LogP contribution in [-0.4, -0.2) is 433 Å². The Kier molecular flexibility index (Phi) is 28.9. The highest BCUT2D eigenvalue weighted by atomic mass is 16.8. The van der Waals surface area contributed by atoms with Crippen molar-refractivity contribution in [3.05, 3.63) is 0 Å². The number of aliphatic hydroxyl groups excluding tert-OH is 23. The van der Waals surface area contributed by atoms with Gasteiger partial charge in [-0.05, 0) is 0 Å². The van der Waals surface area contributed by atoms with Gasteiger partial charge in [-0.15, -0.1) is 0 Å². The lowest BCUT2D eigenvalue weighted by Crippen LogP contribution is -2.71. The molecule has 44 nitrogen and oxygen atoms in total. The molecule has 40 atom stereocenters. The zero-order valence-electron chi connectivity index (χ0n) is 52.4. The molecule has 0 aromatic carbocycles. The first kappa shape index (κ1) is 80.6. The Hall–Kier alpha value is -3.11. The van der Waals surface area contributed by atoms with Crippen LogP contribution in [0, 0.1) is 0 Å². The van der Waals surface area contributed by atoms with Crippen molar-refractivity contribution in [1.82, 2.24) is 16.0 Å². The molecule has 0 saturated carbocycles. The lowest BCUT2D eigenvalue weighted by Gasteiger charge is -2.51. The van der Waals surface area contributed by atoms with E-state index in [1.807, 2.05) is 0 Å². The van der Waals surface area contributed by atoms with Gasteiger partial charge in [0.05, 0.1) is 52.9 Å². The van der Waals surface area contributed by atoms with E-state index in [1.54, 1.807) is 0 Å². The van der Waals surface area contributed by atoms with Crippen LogP contribution >= 0.6 is 0 Å². The fraction of sp³-hybridized carbons (Fsp3) is 0.944. The molecule has 0 spiro atoms. The van der Waals surface area contributed by atoms with E-state index in [1.165, 1.54) is 0 Å². The summed E-state index contributed by atoms with van der Waals surface area (Å²) in [5, 5.41) is 259. The van der Waals surface area contributed by atoms with Gasteiger partial charge >= 0.3 is 0 Å². The number of carbonyl (C=O) groups is 3. The molecule has 8 fully saturated rings. The molecule has 0 aromatic heterocycles. The minimum atomic E-state index is -2.51. The Balaban J connectivity index is 1.13. The average Bonchev–Trinajstić information content (AvgIpc) is 0.778. The number of carbonyl (C=O) groups excluding carboxylic acids is 3. The number of hydrogen-bond donors (Lipinski definition) is 26. The van der Waals surface area contributed by atoms with Gasteiger partial charge in [0.25, 0.3) is 0 Å². The largest absolute Gasteiger partial charge is 0.394 e. The molecule has 8 saturated heterocycles. The highest BCUT2D eigenvalue weighted by molar-refractivity contribution is 5.74. The van der Waals surface area contributed by atoms with Crippen molar-refractivity contribution < 1.29 is 203 Å². The first-order valence-electron chi connectivity index (χ1n) is 31.1. The molecule has 44 heteroatoms. The smallest absolute Gasteiger partial charge is 0.217 e. The highest BCUT2D eigenvalue weighted by Gasteiger charge is 2.60. The van der Waals surface area contributed by atoms with Crippen LogP contribution in [0.1, 0.15) is 20.8 Å². The number of hydrogen-bond acceptors (Lipinski definition) is 41. The SMILES string of the molecule is CC(=O)N[C@H]1[C@H](O[C@H]2[C@H](O)[C@@H](NC(C)=O)C(O)O[C@@H]2CO)O[C@H](CO)[C@@H](O[C@@H]2O[C@H](CO[C@H]3O[C@H](CO)[C@@H](O)[C@H](O)[C@@H]3O[C@H]3O[C@H](CO)[C@@H](O)[C@H](O)[C@@H]3O)[C@@H](O)[C@H](O[C@H]3O[C@H](CO)[C@@H](O)[C@H](O)[C@@H]3O[C@@H]3O[C@H](CO)[C@@H](O[C@@H]4O[C@H](CO)[C@H](O)[C@H](O)[C@H]4O)[C@H](O)[C@H]3NC(C)=O)[C@@H]2O)[C@@H]1O. The third kappa shape index (κ3) is 17.5. The second-order valence-electron chi connectivity index (χ2n) is 24.6. The van der Waals surface area contributed by atoms with E-state index in [-0.39, 0.29) is 0 Å². The van der Waals surface area contributed by atoms with Crippen LogP contribution in [0.3, 0.4) is 0 Å². The monoisotopic (exact) mass is 1440 g/mol. The summed E-state index contributed by atoms with van der Waals surface area (Å²) in [4.78, 5) is 37.7. The van der Waals surface area contributed by atoms with Crippen molar-refractivity contribution in [2.45, 2.75) is 266 Å². The molecule has 98 heavy (non-hydrogen) atoms. The Labute approximate surface area is 554 Å². The van der Waals surface area contributed by atoms with E-state index in [0.717, 1.165) is 20.8 Å². The fourth-order valence-electron chi connectivity index (χ4n) is 12.6. The predicted molar refractivity (Wildman–Crippen MR) is 299 cm³/mol. The van der Waals surface area contributed by atoms with E-state index in [0.29, 0.717) is 0 Å². The maximum Gasteiger partial charge on any atom is 0.217 e. The van der Waals surface area contributed by atoms with Gasteiger partial charge in [-0.25, -0.2) is 0 Å². The first-order chi connectivity index (χ1) is 46.4. The molecular weight excluding hydrogens is 1350 g/mol. The summed E-state index contributed by atoms with van der Waals surface area (Å²) in [7, 11) is 0. The van der Waals surface area contributed by atoms with Crippen molar-refractivity contribution in [3.8, 4) is 0 Å². The highest BCUT2D eigenvalue weighted by Crippen LogP contribution is 2.39. The van der Waals surface area contributed by atoms with Crippen LogP contribution in [-0.2, 0) is 85.4 Å². The maximum absolute atomic E-state index is 12.9. The van der Waals surface area contributed by atoms with Crippen LogP contribution in [0.5, 0.6) is 0 Å². The second kappa shape index (κ2) is 35.1. The van der Waals surface area contributed by atoms with E-state index in [4.69, 9.17) is 71.1 Å². The van der Waals surface area contributed by atoms with Gasteiger partial charge in [0.1, 0.15) is 195 Å². The predicted octanol–water partition coefficient (Wildman–Crippen LogP) is -18.0. The summed E-state index contributed by atoms with van der Waals surface area (Å²) < 4.78 is 87.8. The Morgan fingerprint density at radius 2 is 0.551 bits per heavy atom. The molecule has 8 heterocycles. The summed E-state index contributed by atoms with van der Waals surface area (Å²) in [6.07, 6.45) is -75.6. The quantitative estimate of drug-likeness (QED) is 0.0404. The maximum atomic E-state index is 12.9. The molecule has 0 aliphatic carbocycles. The summed E-state index contributed by atoms with van der Waals surface area (Å²) in [6.45, 7) is -5.52. The zero-order valence-corrected chi connectivity index (χ0v) is 52.4. The summed E-state index contributed by atoms with van der Waals surface area (Å²) in [5.74, 6) is -2.61. The van der Waals surface area contributed by atoms with Gasteiger partial charge < -0.3 is 204 Å². The lowest BCUT2D eigenvalue weighted by molar-refractivity contribution is -0.399. The Bertz CT molecular complexity index is 2510. The van der Waals surface area contributed by atoms with Crippen molar-refractivity contribution in [3.63, 3.8) is 0 Å². The molecule has 1 unspecified atom stereocenters. The average molecular weight is 1440 g/mol. The van der Waals surface area contributed by atoms with Gasteiger partial charge in [-0.3, -0.25) is 14.4 Å². The molecular formula is C54H91N3O41. The number of aliphatic hydroxyl groups is 23. The number of rotatable bonds is 25. The van der Waals surface area contributed by atoms with Gasteiger partial charge in [-0.1, -0.05) is 0 Å². The van der Waals surface area contributed by atoms with Crippen molar-refractivity contribution in [1.29, 1.82) is 0 Å². The molecule has 568 valence electrons. The van der Waals surface area contributed by atoms with Crippen LogP contribution in [0.4, 0.5) is 0 Å². The third-order valence-corrected chi connectivity index (χ3v) is 17.8. The van der Waals surface area contributed by atoms with Crippen molar-refractivity contribution in [2.75, 3.05) is 52.9 Å². The molecule has 8 aliphatic rings. The van der Waals surface area contributed by atoms with Crippen molar-refractivity contribution in [2.24, 2.45) is 0 Å². The van der Waals surface area contributed by atoms with E-state index < -0.39 is 316 Å². The Morgan fingerprint density at radius 1 is 0.265 bits per heavy atom. The molecule has 0 aromatic rings. The zero-order chi connectivity index (χ0) is 72.2. The van der Waals surface area contributed by atoms with E-state index in [9.17, 15) is 132 Å². The number of amides is 3. The summed E-state index contributed by atoms with van der Waals surface area (Å²) in [6, 6.07) is -5.41. The molecule has 26 N–H and O–H groups in total. The summed E-state index contributed by atoms with van der Waals surface area (Å²) >= 11 is 0. The second-order valence-corrected chi connectivity index (χ2v) is 24.6. The molecule has 3 amide bonds.